The molecule has 4 nitrogen and oxygen atoms in total. The number of thioether (sulfide) groups is 1. The lowest BCUT2D eigenvalue weighted by Gasteiger charge is -2.41. The fourth-order valence-electron chi connectivity index (χ4n) is 2.21. The normalized spacial score (nSPS) is 22.1. The molecule has 0 saturated carbocycles. The van der Waals surface area contributed by atoms with E-state index >= 15 is 0 Å². The van der Waals surface area contributed by atoms with Crippen LogP contribution in [0, 0.1) is 0 Å². The summed E-state index contributed by atoms with van der Waals surface area (Å²) in [5, 5.41) is 2.84. The van der Waals surface area contributed by atoms with Crippen LogP contribution in [0.1, 0.15) is 27.2 Å². The van der Waals surface area contributed by atoms with Crippen molar-refractivity contribution in [2.75, 3.05) is 31.9 Å². The van der Waals surface area contributed by atoms with Gasteiger partial charge in [-0.2, -0.15) is 11.8 Å². The van der Waals surface area contributed by atoms with Gasteiger partial charge in [-0.1, -0.05) is 0 Å². The predicted octanol–water partition coefficient (Wildman–Crippen LogP) is 0.667. The molecule has 1 atom stereocenters. The van der Waals surface area contributed by atoms with Gasteiger partial charge < -0.3 is 11.1 Å². The number of nitrogens with two attached hydrogens (primary N) is 1. The Labute approximate surface area is 109 Å². The maximum absolute atomic E-state index is 11.6. The number of nitrogens with zero attached hydrogens (tertiary/aromatic N) is 1. The lowest BCUT2D eigenvalue weighted by atomic mass is 10.1. The van der Waals surface area contributed by atoms with Crippen molar-refractivity contribution < 1.29 is 4.79 Å². The van der Waals surface area contributed by atoms with Gasteiger partial charge in [0, 0.05) is 49.1 Å². The molecule has 1 rings (SSSR count). The Morgan fingerprint density at radius 3 is 2.82 bits per heavy atom. The monoisotopic (exact) mass is 259 g/mol. The van der Waals surface area contributed by atoms with Crippen LogP contribution in [0.5, 0.6) is 0 Å². The van der Waals surface area contributed by atoms with Crippen molar-refractivity contribution in [2.45, 2.75) is 38.0 Å². The number of rotatable bonds is 5. The molecular formula is C12H25N3OS. The van der Waals surface area contributed by atoms with E-state index in [-0.39, 0.29) is 16.7 Å². The summed E-state index contributed by atoms with van der Waals surface area (Å²) in [6.07, 6.45) is 0.519. The van der Waals surface area contributed by atoms with Gasteiger partial charge in [0.05, 0.1) is 0 Å². The van der Waals surface area contributed by atoms with E-state index in [0.29, 0.717) is 19.5 Å². The highest BCUT2D eigenvalue weighted by molar-refractivity contribution is 8.00. The number of carbonyl (C=O) groups is 1. The van der Waals surface area contributed by atoms with E-state index in [9.17, 15) is 4.79 Å². The molecular weight excluding hydrogens is 234 g/mol. The predicted molar refractivity (Wildman–Crippen MR) is 74.3 cm³/mol. The van der Waals surface area contributed by atoms with Crippen molar-refractivity contribution in [3.05, 3.63) is 0 Å². The molecule has 1 aliphatic heterocycles. The van der Waals surface area contributed by atoms with Gasteiger partial charge in [-0.25, -0.2) is 0 Å². The summed E-state index contributed by atoms with van der Waals surface area (Å²) in [5.74, 6) is 1.23. The summed E-state index contributed by atoms with van der Waals surface area (Å²) in [5.41, 5.74) is 5.81. The van der Waals surface area contributed by atoms with Crippen molar-refractivity contribution >= 4 is 17.7 Å². The highest BCUT2D eigenvalue weighted by Gasteiger charge is 2.31. The lowest BCUT2D eigenvalue weighted by molar-refractivity contribution is -0.122. The minimum atomic E-state index is 0.110. The second kappa shape index (κ2) is 6.61. The van der Waals surface area contributed by atoms with E-state index in [1.54, 1.807) is 0 Å². The summed E-state index contributed by atoms with van der Waals surface area (Å²) in [4.78, 5) is 14.0. The third-order valence-corrected chi connectivity index (χ3v) is 4.34. The summed E-state index contributed by atoms with van der Waals surface area (Å²) < 4.78 is 0.271. The molecule has 100 valence electrons. The van der Waals surface area contributed by atoms with Gasteiger partial charge in [0.2, 0.25) is 5.91 Å². The molecule has 0 bridgehead atoms. The fourth-order valence-corrected chi connectivity index (χ4v) is 3.34. The largest absolute Gasteiger partial charge is 0.356 e. The molecule has 3 N–H and O–H groups in total. The summed E-state index contributed by atoms with van der Waals surface area (Å²) in [6, 6.07) is 0.182. The molecule has 0 radical (unpaired) electrons. The zero-order chi connectivity index (χ0) is 12.9. The van der Waals surface area contributed by atoms with Crippen LogP contribution in [0.25, 0.3) is 0 Å². The molecule has 0 aromatic heterocycles. The summed E-state index contributed by atoms with van der Waals surface area (Å²) >= 11 is 2.00. The van der Waals surface area contributed by atoms with E-state index in [1.165, 1.54) is 0 Å². The number of carbonyl (C=O) groups excluding carboxylic acids is 1. The molecule has 1 unspecified atom stereocenters. The molecule has 1 saturated heterocycles. The molecule has 0 spiro atoms. The smallest absolute Gasteiger partial charge is 0.221 e. The number of hydrogen-bond donors (Lipinski definition) is 2. The molecule has 0 aromatic carbocycles. The number of nitrogens with one attached hydrogen (secondary N) is 1. The summed E-state index contributed by atoms with van der Waals surface area (Å²) in [7, 11) is 0. The molecule has 0 aliphatic carbocycles. The minimum absolute atomic E-state index is 0.110. The average Bonchev–Trinajstić information content (AvgIpc) is 2.25. The van der Waals surface area contributed by atoms with Crippen LogP contribution < -0.4 is 11.1 Å². The third-order valence-electron chi connectivity index (χ3n) is 3.04. The maximum Gasteiger partial charge on any atom is 0.221 e. The first-order valence-corrected chi connectivity index (χ1v) is 7.32. The van der Waals surface area contributed by atoms with Crippen molar-refractivity contribution in [1.29, 1.82) is 0 Å². The van der Waals surface area contributed by atoms with Gasteiger partial charge in [-0.15, -0.1) is 0 Å². The highest BCUT2D eigenvalue weighted by Crippen LogP contribution is 2.30. The third kappa shape index (κ3) is 4.85. The van der Waals surface area contributed by atoms with Crippen molar-refractivity contribution in [2.24, 2.45) is 5.73 Å². The van der Waals surface area contributed by atoms with Gasteiger partial charge in [-0.3, -0.25) is 9.69 Å². The van der Waals surface area contributed by atoms with Crippen LogP contribution in [0.2, 0.25) is 0 Å². The Kier molecular flexibility index (Phi) is 5.76. The van der Waals surface area contributed by atoms with Crippen LogP contribution in [-0.2, 0) is 4.79 Å². The van der Waals surface area contributed by atoms with E-state index in [1.807, 2.05) is 18.7 Å². The second-order valence-electron chi connectivity index (χ2n) is 5.13. The van der Waals surface area contributed by atoms with Crippen LogP contribution in [0.3, 0.4) is 0 Å². The molecule has 0 aromatic rings. The molecule has 1 amide bonds. The Hall–Kier alpha value is -0.260. The van der Waals surface area contributed by atoms with E-state index in [0.717, 1.165) is 18.8 Å². The van der Waals surface area contributed by atoms with E-state index < -0.39 is 0 Å². The second-order valence-corrected chi connectivity index (χ2v) is 6.93. The molecule has 5 heteroatoms. The Morgan fingerprint density at radius 2 is 2.29 bits per heavy atom. The Morgan fingerprint density at radius 1 is 1.59 bits per heavy atom. The zero-order valence-corrected chi connectivity index (χ0v) is 12.0. The van der Waals surface area contributed by atoms with Gasteiger partial charge in [0.15, 0.2) is 0 Å². The van der Waals surface area contributed by atoms with Gasteiger partial charge in [0.1, 0.15) is 0 Å². The first-order chi connectivity index (χ1) is 7.98. The first kappa shape index (κ1) is 14.8. The van der Waals surface area contributed by atoms with Crippen molar-refractivity contribution in [1.82, 2.24) is 10.2 Å². The minimum Gasteiger partial charge on any atom is -0.356 e. The molecule has 1 fully saturated rings. The van der Waals surface area contributed by atoms with E-state index in [2.05, 4.69) is 24.1 Å². The standard InChI is InChI=1S/C12H25N3OS/c1-4-14-11(16)7-10(8-13)15-5-6-17-12(2,3)9-15/h10H,4-9,13H2,1-3H3,(H,14,16). The fraction of sp³-hybridized carbons (Fsp3) is 0.917. The van der Waals surface area contributed by atoms with Crippen LogP contribution in [0.15, 0.2) is 0 Å². The summed E-state index contributed by atoms with van der Waals surface area (Å²) in [6.45, 7) is 9.74. The van der Waals surface area contributed by atoms with Crippen LogP contribution >= 0.6 is 11.8 Å². The first-order valence-electron chi connectivity index (χ1n) is 6.33. The van der Waals surface area contributed by atoms with Gasteiger partial charge in [-0.05, 0) is 20.8 Å². The van der Waals surface area contributed by atoms with Crippen LogP contribution in [0.4, 0.5) is 0 Å². The van der Waals surface area contributed by atoms with Crippen molar-refractivity contribution in [3.63, 3.8) is 0 Å². The highest BCUT2D eigenvalue weighted by atomic mass is 32.2. The maximum atomic E-state index is 11.6. The quantitative estimate of drug-likeness (QED) is 0.762. The van der Waals surface area contributed by atoms with Gasteiger partial charge >= 0.3 is 0 Å². The Bertz CT molecular complexity index is 258. The zero-order valence-electron chi connectivity index (χ0n) is 11.2. The van der Waals surface area contributed by atoms with Gasteiger partial charge in [0.25, 0.3) is 0 Å². The van der Waals surface area contributed by atoms with Crippen molar-refractivity contribution in [3.8, 4) is 0 Å². The number of hydrogen-bond acceptors (Lipinski definition) is 4. The van der Waals surface area contributed by atoms with Crippen LogP contribution in [-0.4, -0.2) is 53.5 Å². The molecule has 17 heavy (non-hydrogen) atoms. The number of amides is 1. The van der Waals surface area contributed by atoms with E-state index in [4.69, 9.17) is 5.73 Å². The average molecular weight is 259 g/mol. The Balaban J connectivity index is 2.52. The topological polar surface area (TPSA) is 58.4 Å². The lowest BCUT2D eigenvalue weighted by Crippen LogP contribution is -2.52. The molecule has 1 heterocycles. The SMILES string of the molecule is CCNC(=O)CC(CN)N1CCSC(C)(C)C1. The molecule has 1 aliphatic rings.